The van der Waals surface area contributed by atoms with Crippen molar-refractivity contribution in [2.24, 2.45) is 4.99 Å². The molecule has 1 amide bonds. The van der Waals surface area contributed by atoms with Gasteiger partial charge in [0.15, 0.2) is 0 Å². The van der Waals surface area contributed by atoms with Crippen molar-refractivity contribution < 1.29 is 19.0 Å². The topological polar surface area (TPSA) is 69.2 Å². The number of benzene rings is 1. The molecule has 2 aliphatic rings. The van der Waals surface area contributed by atoms with E-state index in [1.165, 1.54) is 5.56 Å². The molecule has 1 aromatic carbocycles. The number of hydrogen-bond acceptors (Lipinski definition) is 5. The molecule has 124 valence electrons. The third kappa shape index (κ3) is 3.15. The molecule has 0 bridgehead atoms. The minimum atomic E-state index is -0.542. The first-order valence-electron chi connectivity index (χ1n) is 7.58. The lowest BCUT2D eigenvalue weighted by atomic mass is 9.80. The van der Waals surface area contributed by atoms with Crippen LogP contribution in [0.5, 0.6) is 5.75 Å². The van der Waals surface area contributed by atoms with Gasteiger partial charge in [-0.2, -0.15) is 0 Å². The van der Waals surface area contributed by atoms with Crippen LogP contribution in [0.3, 0.4) is 0 Å². The van der Waals surface area contributed by atoms with Crippen LogP contribution in [0.4, 0.5) is 4.79 Å². The van der Waals surface area contributed by atoms with Gasteiger partial charge in [0.2, 0.25) is 0 Å². The van der Waals surface area contributed by atoms with E-state index in [0.717, 1.165) is 28.6 Å². The summed E-state index contributed by atoms with van der Waals surface area (Å²) in [6, 6.07) is 4.20. The van der Waals surface area contributed by atoms with Gasteiger partial charge in [-0.25, -0.2) is 15.1 Å². The van der Waals surface area contributed by atoms with Gasteiger partial charge in [0, 0.05) is 16.5 Å². The van der Waals surface area contributed by atoms with Crippen LogP contribution < -0.4 is 10.1 Å². The van der Waals surface area contributed by atoms with E-state index in [-0.39, 0.29) is 6.02 Å². The molecule has 1 atom stereocenters. The van der Waals surface area contributed by atoms with Crippen LogP contribution in [0.25, 0.3) is 0 Å². The van der Waals surface area contributed by atoms with Crippen LogP contribution in [-0.4, -0.2) is 38.0 Å². The second-order valence-electron chi connectivity index (χ2n) is 5.64. The predicted molar refractivity (Wildman–Crippen MR) is 89.0 cm³/mol. The molecule has 1 heterocycles. The highest BCUT2D eigenvalue weighted by atomic mass is 79.9. The summed E-state index contributed by atoms with van der Waals surface area (Å²) in [5.41, 5.74) is 1.97. The Morgan fingerprint density at radius 2 is 2.30 bits per heavy atom. The highest BCUT2D eigenvalue weighted by Gasteiger charge is 2.43. The van der Waals surface area contributed by atoms with E-state index in [1.54, 1.807) is 14.0 Å². The molecule has 23 heavy (non-hydrogen) atoms. The fourth-order valence-corrected chi connectivity index (χ4v) is 3.66. The molecule has 7 heteroatoms. The molecule has 1 aliphatic heterocycles. The summed E-state index contributed by atoms with van der Waals surface area (Å²) in [6.07, 6.45) is 1.86. The van der Waals surface area contributed by atoms with Crippen molar-refractivity contribution in [3.05, 3.63) is 27.7 Å². The maximum Gasteiger partial charge on any atom is 0.415 e. The molecule has 1 spiro atoms. The van der Waals surface area contributed by atoms with Crippen LogP contribution in [0.2, 0.25) is 0 Å². The largest absolute Gasteiger partial charge is 0.496 e. The van der Waals surface area contributed by atoms with Crippen molar-refractivity contribution in [1.29, 1.82) is 0 Å². The van der Waals surface area contributed by atoms with Crippen molar-refractivity contribution in [2.75, 3.05) is 20.3 Å². The SMILES string of the molecule is CCOC(=O)NC1=NCC2(CCc3c(Br)ccc(OC)c3C2)O1. The van der Waals surface area contributed by atoms with Gasteiger partial charge in [0.1, 0.15) is 11.4 Å². The first-order valence-corrected chi connectivity index (χ1v) is 8.37. The Morgan fingerprint density at radius 1 is 1.48 bits per heavy atom. The predicted octanol–water partition coefficient (Wildman–Crippen LogP) is 2.82. The van der Waals surface area contributed by atoms with Gasteiger partial charge in [-0.15, -0.1) is 0 Å². The standard InChI is InChI=1S/C16H19BrN2O4/c1-3-22-15(20)19-14-18-9-16(23-14)7-6-10-11(8-16)13(21-2)5-4-12(10)17/h4-5H,3,6-9H2,1-2H3,(H,18,19,20). The number of amides is 1. The van der Waals surface area contributed by atoms with E-state index < -0.39 is 11.7 Å². The molecule has 1 N–H and O–H groups in total. The number of amidine groups is 1. The average Bonchev–Trinajstić information content (AvgIpc) is 2.90. The van der Waals surface area contributed by atoms with Crippen molar-refractivity contribution in [3.8, 4) is 5.75 Å². The number of alkyl carbamates (subject to hydrolysis) is 1. The third-order valence-corrected chi connectivity index (χ3v) is 4.93. The molecular weight excluding hydrogens is 364 g/mol. The Kier molecular flexibility index (Phi) is 4.48. The van der Waals surface area contributed by atoms with E-state index >= 15 is 0 Å². The molecule has 0 radical (unpaired) electrons. The highest BCUT2D eigenvalue weighted by molar-refractivity contribution is 9.10. The van der Waals surface area contributed by atoms with Gasteiger partial charge in [-0.1, -0.05) is 15.9 Å². The monoisotopic (exact) mass is 382 g/mol. The van der Waals surface area contributed by atoms with Gasteiger partial charge in [-0.3, -0.25) is 0 Å². The first kappa shape index (κ1) is 16.1. The summed E-state index contributed by atoms with van der Waals surface area (Å²) in [7, 11) is 1.67. The van der Waals surface area contributed by atoms with Crippen molar-refractivity contribution in [3.63, 3.8) is 0 Å². The number of carbonyl (C=O) groups excluding carboxylic acids is 1. The zero-order valence-corrected chi connectivity index (χ0v) is 14.7. The second kappa shape index (κ2) is 6.39. The highest BCUT2D eigenvalue weighted by Crippen LogP contribution is 2.41. The molecule has 0 aromatic heterocycles. The molecule has 1 unspecified atom stereocenters. The molecule has 1 aliphatic carbocycles. The quantitative estimate of drug-likeness (QED) is 0.853. The van der Waals surface area contributed by atoms with Crippen LogP contribution >= 0.6 is 15.9 Å². The summed E-state index contributed by atoms with van der Waals surface area (Å²) >= 11 is 3.61. The minimum Gasteiger partial charge on any atom is -0.496 e. The Balaban J connectivity index is 1.75. The zero-order chi connectivity index (χ0) is 16.4. The Bertz CT molecular complexity index is 662. The smallest absolute Gasteiger partial charge is 0.415 e. The number of hydrogen-bond donors (Lipinski definition) is 1. The van der Waals surface area contributed by atoms with Crippen LogP contribution in [0, 0.1) is 0 Å². The van der Waals surface area contributed by atoms with E-state index in [0.29, 0.717) is 19.6 Å². The average molecular weight is 383 g/mol. The zero-order valence-electron chi connectivity index (χ0n) is 13.1. The van der Waals surface area contributed by atoms with E-state index in [4.69, 9.17) is 14.2 Å². The van der Waals surface area contributed by atoms with Crippen LogP contribution in [-0.2, 0) is 22.3 Å². The van der Waals surface area contributed by atoms with E-state index in [1.807, 2.05) is 12.1 Å². The van der Waals surface area contributed by atoms with Gasteiger partial charge >= 0.3 is 6.09 Å². The number of ether oxygens (including phenoxy) is 3. The number of methoxy groups -OCH3 is 1. The van der Waals surface area contributed by atoms with E-state index in [9.17, 15) is 4.79 Å². The minimum absolute atomic E-state index is 0.237. The maximum atomic E-state index is 11.5. The van der Waals surface area contributed by atoms with Gasteiger partial charge in [0.05, 0.1) is 20.3 Å². The first-order chi connectivity index (χ1) is 11.1. The summed E-state index contributed by atoms with van der Waals surface area (Å²) < 4.78 is 17.4. The Morgan fingerprint density at radius 3 is 3.04 bits per heavy atom. The fraction of sp³-hybridized carbons (Fsp3) is 0.500. The van der Waals surface area contributed by atoms with Crippen molar-refractivity contribution in [2.45, 2.75) is 31.8 Å². The number of halogens is 1. The summed E-state index contributed by atoms with van der Waals surface area (Å²) in [5.74, 6) is 0.859. The van der Waals surface area contributed by atoms with Crippen LogP contribution in [0.1, 0.15) is 24.5 Å². The summed E-state index contributed by atoms with van der Waals surface area (Å²) in [4.78, 5) is 15.8. The van der Waals surface area contributed by atoms with Crippen molar-refractivity contribution in [1.82, 2.24) is 5.32 Å². The molecule has 1 aromatic rings. The molecule has 0 saturated carbocycles. The lowest BCUT2D eigenvalue weighted by molar-refractivity contribution is 0.0652. The fourth-order valence-electron chi connectivity index (χ4n) is 3.09. The number of carbonyl (C=O) groups is 1. The molecule has 0 fully saturated rings. The van der Waals surface area contributed by atoms with E-state index in [2.05, 4.69) is 26.2 Å². The lowest BCUT2D eigenvalue weighted by Gasteiger charge is -2.34. The Labute approximate surface area is 143 Å². The summed E-state index contributed by atoms with van der Waals surface area (Å²) in [6.45, 7) is 2.58. The third-order valence-electron chi connectivity index (χ3n) is 4.19. The number of fused-ring (bicyclic) bond motifs is 1. The van der Waals surface area contributed by atoms with Gasteiger partial charge < -0.3 is 14.2 Å². The Hall–Kier alpha value is -1.76. The van der Waals surface area contributed by atoms with Crippen LogP contribution in [0.15, 0.2) is 21.6 Å². The lowest BCUT2D eigenvalue weighted by Crippen LogP contribution is -2.42. The molecular formula is C16H19BrN2O4. The summed E-state index contributed by atoms with van der Waals surface area (Å²) in [5, 5.41) is 2.54. The number of rotatable bonds is 2. The normalized spacial score (nSPS) is 22.1. The van der Waals surface area contributed by atoms with Gasteiger partial charge in [0.25, 0.3) is 6.02 Å². The molecule has 0 saturated heterocycles. The molecule has 3 rings (SSSR count). The number of nitrogens with zero attached hydrogens (tertiary/aromatic N) is 1. The molecule has 6 nitrogen and oxygen atoms in total. The number of aliphatic imine (C=N–C) groups is 1. The maximum absolute atomic E-state index is 11.5. The van der Waals surface area contributed by atoms with Crippen molar-refractivity contribution >= 4 is 28.0 Å². The van der Waals surface area contributed by atoms with Gasteiger partial charge in [-0.05, 0) is 37.5 Å². The second-order valence-corrected chi connectivity index (χ2v) is 6.49. The number of nitrogens with one attached hydrogen (secondary N) is 1.